The number of rotatable bonds is 3. The minimum absolute atomic E-state index is 0.105. The van der Waals surface area contributed by atoms with E-state index in [-0.39, 0.29) is 12.4 Å². The number of aliphatic hydroxyl groups is 1. The number of carbonyl (C=O) groups excluding carboxylic acids is 1. The highest BCUT2D eigenvalue weighted by Crippen LogP contribution is 2.20. The van der Waals surface area contributed by atoms with Crippen LogP contribution >= 0.6 is 0 Å². The van der Waals surface area contributed by atoms with Crippen LogP contribution in [0.1, 0.15) is 26.2 Å². The lowest BCUT2D eigenvalue weighted by molar-refractivity contribution is -0.149. The predicted octanol–water partition coefficient (Wildman–Crippen LogP) is 0.0541. The van der Waals surface area contributed by atoms with E-state index in [0.29, 0.717) is 19.6 Å². The van der Waals surface area contributed by atoms with Crippen molar-refractivity contribution in [2.45, 2.75) is 31.8 Å². The molecule has 13 heavy (non-hydrogen) atoms. The molecule has 0 aromatic carbocycles. The third-order valence-corrected chi connectivity index (χ3v) is 2.23. The summed E-state index contributed by atoms with van der Waals surface area (Å²) in [4.78, 5) is 11.1. The molecule has 0 amide bonds. The van der Waals surface area contributed by atoms with Crippen molar-refractivity contribution >= 4 is 5.97 Å². The molecular weight excluding hydrogens is 170 g/mol. The maximum Gasteiger partial charge on any atom is 0.308 e. The van der Waals surface area contributed by atoms with Crippen LogP contribution in [0.4, 0.5) is 0 Å². The van der Waals surface area contributed by atoms with Crippen LogP contribution in [0.2, 0.25) is 0 Å². The minimum atomic E-state index is -0.884. The van der Waals surface area contributed by atoms with Gasteiger partial charge in [-0.15, -0.1) is 0 Å². The summed E-state index contributed by atoms with van der Waals surface area (Å²) in [6.07, 6.45) is 1.70. The zero-order chi connectivity index (χ0) is 9.73. The standard InChI is InChI=1S/C9H17NO3/c1-2-13-8(11)6-9(12)4-3-5-10-7-9/h10,12H,2-7H2,1H3/t9-/m0/s1. The highest BCUT2D eigenvalue weighted by molar-refractivity contribution is 5.70. The molecule has 0 aliphatic carbocycles. The molecule has 0 spiro atoms. The van der Waals surface area contributed by atoms with Crippen LogP contribution in [0.3, 0.4) is 0 Å². The number of nitrogens with one attached hydrogen (secondary N) is 1. The van der Waals surface area contributed by atoms with Crippen LogP contribution in [0, 0.1) is 0 Å². The van der Waals surface area contributed by atoms with Crippen LogP contribution in [-0.2, 0) is 9.53 Å². The molecule has 1 aliphatic heterocycles. The number of hydrogen-bond donors (Lipinski definition) is 2. The van der Waals surface area contributed by atoms with Crippen molar-refractivity contribution in [3.05, 3.63) is 0 Å². The van der Waals surface area contributed by atoms with E-state index in [0.717, 1.165) is 13.0 Å². The van der Waals surface area contributed by atoms with Gasteiger partial charge >= 0.3 is 5.97 Å². The lowest BCUT2D eigenvalue weighted by atomic mass is 9.91. The zero-order valence-corrected chi connectivity index (χ0v) is 8.01. The monoisotopic (exact) mass is 187 g/mol. The molecule has 2 N–H and O–H groups in total. The Morgan fingerprint density at radius 3 is 3.00 bits per heavy atom. The van der Waals surface area contributed by atoms with Crippen LogP contribution in [0.5, 0.6) is 0 Å². The summed E-state index contributed by atoms with van der Waals surface area (Å²) in [7, 11) is 0. The van der Waals surface area contributed by atoms with Crippen molar-refractivity contribution < 1.29 is 14.6 Å². The highest BCUT2D eigenvalue weighted by Gasteiger charge is 2.32. The van der Waals surface area contributed by atoms with Crippen LogP contribution in [-0.4, -0.2) is 36.4 Å². The molecule has 76 valence electrons. The summed E-state index contributed by atoms with van der Waals surface area (Å²) in [5.74, 6) is -0.311. The molecule has 0 bridgehead atoms. The summed E-state index contributed by atoms with van der Waals surface area (Å²) >= 11 is 0. The molecule has 0 radical (unpaired) electrons. The Morgan fingerprint density at radius 1 is 1.69 bits per heavy atom. The summed E-state index contributed by atoms with van der Waals surface area (Å²) < 4.78 is 4.78. The predicted molar refractivity (Wildman–Crippen MR) is 48.3 cm³/mol. The first-order valence-electron chi connectivity index (χ1n) is 4.75. The molecule has 0 saturated carbocycles. The number of piperidine rings is 1. The summed E-state index contributed by atoms with van der Waals surface area (Å²) in [5, 5.41) is 13.0. The van der Waals surface area contributed by atoms with Crippen molar-refractivity contribution in [1.29, 1.82) is 0 Å². The molecule has 0 unspecified atom stereocenters. The summed E-state index contributed by atoms with van der Waals surface area (Å²) in [5.41, 5.74) is -0.884. The molecule has 1 atom stereocenters. The maximum absolute atomic E-state index is 11.1. The van der Waals surface area contributed by atoms with Gasteiger partial charge in [-0.05, 0) is 26.3 Å². The molecule has 1 heterocycles. The van der Waals surface area contributed by atoms with E-state index in [4.69, 9.17) is 4.74 Å². The van der Waals surface area contributed by atoms with Gasteiger partial charge in [-0.1, -0.05) is 0 Å². The van der Waals surface area contributed by atoms with Crippen molar-refractivity contribution in [1.82, 2.24) is 5.32 Å². The van der Waals surface area contributed by atoms with Gasteiger partial charge in [-0.3, -0.25) is 4.79 Å². The molecule has 4 heteroatoms. The lowest BCUT2D eigenvalue weighted by Crippen LogP contribution is -2.47. The fourth-order valence-corrected chi connectivity index (χ4v) is 1.58. The molecule has 1 rings (SSSR count). The number of ether oxygens (including phenoxy) is 1. The Bertz CT molecular complexity index is 176. The number of carbonyl (C=O) groups is 1. The van der Waals surface area contributed by atoms with Crippen LogP contribution in [0.15, 0.2) is 0 Å². The Hall–Kier alpha value is -0.610. The van der Waals surface area contributed by atoms with Crippen molar-refractivity contribution in [2.75, 3.05) is 19.7 Å². The first-order valence-corrected chi connectivity index (χ1v) is 4.75. The summed E-state index contributed by atoms with van der Waals surface area (Å²) in [6, 6.07) is 0. The smallest absolute Gasteiger partial charge is 0.308 e. The first kappa shape index (κ1) is 10.5. The van der Waals surface area contributed by atoms with E-state index in [2.05, 4.69) is 5.32 Å². The summed E-state index contributed by atoms with van der Waals surface area (Å²) in [6.45, 7) is 3.56. The second-order valence-electron chi connectivity index (χ2n) is 3.49. The van der Waals surface area contributed by atoms with Gasteiger partial charge in [0.2, 0.25) is 0 Å². The van der Waals surface area contributed by atoms with E-state index >= 15 is 0 Å². The molecular formula is C9H17NO3. The Kier molecular flexibility index (Phi) is 3.69. The van der Waals surface area contributed by atoms with E-state index in [9.17, 15) is 9.90 Å². The molecule has 1 aliphatic rings. The lowest BCUT2D eigenvalue weighted by Gasteiger charge is -2.31. The van der Waals surface area contributed by atoms with Crippen molar-refractivity contribution in [2.24, 2.45) is 0 Å². The SMILES string of the molecule is CCOC(=O)C[C@@]1(O)CCCNC1. The molecule has 1 fully saturated rings. The van der Waals surface area contributed by atoms with Crippen molar-refractivity contribution in [3.63, 3.8) is 0 Å². The number of hydrogen-bond acceptors (Lipinski definition) is 4. The average molecular weight is 187 g/mol. The molecule has 0 aromatic heterocycles. The Morgan fingerprint density at radius 2 is 2.46 bits per heavy atom. The van der Waals surface area contributed by atoms with Gasteiger partial charge in [0.15, 0.2) is 0 Å². The van der Waals surface area contributed by atoms with Gasteiger partial charge in [0, 0.05) is 6.54 Å². The van der Waals surface area contributed by atoms with E-state index < -0.39 is 5.60 Å². The molecule has 4 nitrogen and oxygen atoms in total. The van der Waals surface area contributed by atoms with Crippen molar-refractivity contribution in [3.8, 4) is 0 Å². The topological polar surface area (TPSA) is 58.6 Å². The fourth-order valence-electron chi connectivity index (χ4n) is 1.58. The van der Waals surface area contributed by atoms with Gasteiger partial charge in [0.25, 0.3) is 0 Å². The quantitative estimate of drug-likeness (QED) is 0.613. The highest BCUT2D eigenvalue weighted by atomic mass is 16.5. The zero-order valence-electron chi connectivity index (χ0n) is 8.01. The van der Waals surface area contributed by atoms with E-state index in [1.54, 1.807) is 6.92 Å². The Balaban J connectivity index is 2.36. The fraction of sp³-hybridized carbons (Fsp3) is 0.889. The molecule has 0 aromatic rings. The minimum Gasteiger partial charge on any atom is -0.466 e. The number of β-amino-alcohol motifs (C(OH)–C–C–N with tert-alkyl or cyclic N) is 1. The van der Waals surface area contributed by atoms with Gasteiger partial charge in [0.1, 0.15) is 0 Å². The maximum atomic E-state index is 11.1. The average Bonchev–Trinajstić information content (AvgIpc) is 2.04. The normalized spacial score (nSPS) is 28.5. The largest absolute Gasteiger partial charge is 0.466 e. The first-order chi connectivity index (χ1) is 6.16. The Labute approximate surface area is 78.3 Å². The van der Waals surface area contributed by atoms with E-state index in [1.165, 1.54) is 0 Å². The van der Waals surface area contributed by atoms with E-state index in [1.807, 2.05) is 0 Å². The van der Waals surface area contributed by atoms with Gasteiger partial charge in [-0.25, -0.2) is 0 Å². The van der Waals surface area contributed by atoms with Gasteiger partial charge < -0.3 is 15.2 Å². The van der Waals surface area contributed by atoms with Crippen LogP contribution in [0.25, 0.3) is 0 Å². The van der Waals surface area contributed by atoms with Gasteiger partial charge in [0.05, 0.1) is 18.6 Å². The second kappa shape index (κ2) is 4.58. The third kappa shape index (κ3) is 3.32. The third-order valence-electron chi connectivity index (χ3n) is 2.23. The van der Waals surface area contributed by atoms with Crippen LogP contribution < -0.4 is 5.32 Å². The molecule has 1 saturated heterocycles. The second-order valence-corrected chi connectivity index (χ2v) is 3.49. The number of esters is 1. The van der Waals surface area contributed by atoms with Gasteiger partial charge in [-0.2, -0.15) is 0 Å².